The molecule has 0 amide bonds. The molecule has 1 aromatic rings. The number of hydrogen-bond donors (Lipinski definition) is 0. The third-order valence-electron chi connectivity index (χ3n) is 2.07. The molecule has 0 atom stereocenters. The van der Waals surface area contributed by atoms with Crippen LogP contribution >= 0.6 is 15.9 Å². The summed E-state index contributed by atoms with van der Waals surface area (Å²) < 4.78 is 0.885. The predicted octanol–water partition coefficient (Wildman–Crippen LogP) is 3.79. The zero-order chi connectivity index (χ0) is 11.4. The molecule has 0 saturated carbocycles. The molecule has 0 bridgehead atoms. The van der Waals surface area contributed by atoms with E-state index in [2.05, 4.69) is 15.9 Å². The van der Waals surface area contributed by atoms with Crippen LogP contribution in [0.15, 0.2) is 28.4 Å². The standard InChI is InChI=1S/C11H12BrNO2/c1-3-10(13(14)15)7-9-5-4-8(2)6-11(9)12/h4-7H,3H2,1-2H3/b10-7-. The van der Waals surface area contributed by atoms with Gasteiger partial charge in [-0.2, -0.15) is 0 Å². The van der Waals surface area contributed by atoms with E-state index in [1.807, 2.05) is 25.1 Å². The van der Waals surface area contributed by atoms with Crippen LogP contribution < -0.4 is 0 Å². The van der Waals surface area contributed by atoms with Crippen molar-refractivity contribution in [2.45, 2.75) is 20.3 Å². The fraction of sp³-hybridized carbons (Fsp3) is 0.273. The molecule has 0 saturated heterocycles. The molecule has 0 aliphatic rings. The molecule has 0 heterocycles. The van der Waals surface area contributed by atoms with Gasteiger partial charge in [0.15, 0.2) is 0 Å². The molecule has 0 N–H and O–H groups in total. The summed E-state index contributed by atoms with van der Waals surface area (Å²) >= 11 is 3.39. The van der Waals surface area contributed by atoms with E-state index in [9.17, 15) is 10.1 Å². The van der Waals surface area contributed by atoms with Crippen LogP contribution in [-0.2, 0) is 0 Å². The molecule has 80 valence electrons. The average Bonchev–Trinajstić information content (AvgIpc) is 2.16. The zero-order valence-electron chi connectivity index (χ0n) is 8.66. The van der Waals surface area contributed by atoms with Gasteiger partial charge in [-0.1, -0.05) is 35.0 Å². The molecular weight excluding hydrogens is 258 g/mol. The van der Waals surface area contributed by atoms with E-state index in [0.717, 1.165) is 15.6 Å². The molecule has 0 spiro atoms. The van der Waals surface area contributed by atoms with Gasteiger partial charge in [0.25, 0.3) is 0 Å². The molecule has 0 aliphatic carbocycles. The summed E-state index contributed by atoms with van der Waals surface area (Å²) in [6.45, 7) is 3.75. The van der Waals surface area contributed by atoms with Crippen molar-refractivity contribution in [3.05, 3.63) is 49.6 Å². The van der Waals surface area contributed by atoms with E-state index in [1.54, 1.807) is 13.0 Å². The van der Waals surface area contributed by atoms with Crippen LogP contribution in [0.3, 0.4) is 0 Å². The van der Waals surface area contributed by atoms with Gasteiger partial charge in [-0.15, -0.1) is 0 Å². The Morgan fingerprint density at radius 3 is 2.73 bits per heavy atom. The van der Waals surface area contributed by atoms with Crippen molar-refractivity contribution < 1.29 is 4.92 Å². The SMILES string of the molecule is CC/C(=C/c1ccc(C)cc1Br)[N+](=O)[O-]. The molecule has 0 aliphatic heterocycles. The average molecular weight is 270 g/mol. The third kappa shape index (κ3) is 3.16. The van der Waals surface area contributed by atoms with Gasteiger partial charge in [0.05, 0.1) is 4.92 Å². The quantitative estimate of drug-likeness (QED) is 0.619. The second-order valence-corrected chi connectivity index (χ2v) is 4.13. The number of rotatable bonds is 3. The van der Waals surface area contributed by atoms with Crippen molar-refractivity contribution in [2.24, 2.45) is 0 Å². The molecular formula is C11H12BrNO2. The number of nitrogens with zero attached hydrogens (tertiary/aromatic N) is 1. The van der Waals surface area contributed by atoms with Crippen molar-refractivity contribution in [1.29, 1.82) is 0 Å². The van der Waals surface area contributed by atoms with Crippen LogP contribution in [0.2, 0.25) is 0 Å². The number of benzene rings is 1. The topological polar surface area (TPSA) is 43.1 Å². The van der Waals surface area contributed by atoms with Crippen molar-refractivity contribution in [3.8, 4) is 0 Å². The second-order valence-electron chi connectivity index (χ2n) is 3.27. The van der Waals surface area contributed by atoms with Crippen LogP contribution in [0.4, 0.5) is 0 Å². The largest absolute Gasteiger partial charge is 0.259 e. The highest BCUT2D eigenvalue weighted by molar-refractivity contribution is 9.10. The van der Waals surface area contributed by atoms with Crippen molar-refractivity contribution in [2.75, 3.05) is 0 Å². The third-order valence-corrected chi connectivity index (χ3v) is 2.76. The Morgan fingerprint density at radius 1 is 1.60 bits per heavy atom. The van der Waals surface area contributed by atoms with Crippen LogP contribution in [0.1, 0.15) is 24.5 Å². The first kappa shape index (κ1) is 11.9. The molecule has 4 heteroatoms. The van der Waals surface area contributed by atoms with E-state index < -0.39 is 0 Å². The smallest absolute Gasteiger partial charge is 0.246 e. The fourth-order valence-electron chi connectivity index (χ4n) is 1.21. The first-order valence-electron chi connectivity index (χ1n) is 4.65. The number of halogens is 1. The van der Waals surface area contributed by atoms with Gasteiger partial charge >= 0.3 is 0 Å². The maximum atomic E-state index is 10.6. The fourth-order valence-corrected chi connectivity index (χ4v) is 1.82. The Bertz CT molecular complexity index is 413. The molecule has 1 aromatic carbocycles. The van der Waals surface area contributed by atoms with Gasteiger partial charge < -0.3 is 0 Å². The van der Waals surface area contributed by atoms with Gasteiger partial charge in [-0.3, -0.25) is 10.1 Å². The van der Waals surface area contributed by atoms with E-state index in [-0.39, 0.29) is 10.6 Å². The van der Waals surface area contributed by atoms with Gasteiger partial charge in [-0.25, -0.2) is 0 Å². The minimum atomic E-state index is -0.341. The highest BCUT2D eigenvalue weighted by atomic mass is 79.9. The maximum Gasteiger partial charge on any atom is 0.246 e. The Labute approximate surface area is 97.1 Å². The van der Waals surface area contributed by atoms with Crippen molar-refractivity contribution in [1.82, 2.24) is 0 Å². The summed E-state index contributed by atoms with van der Waals surface area (Å²) in [5.41, 5.74) is 2.19. The molecule has 0 aromatic heterocycles. The van der Waals surface area contributed by atoms with E-state index in [1.165, 1.54) is 0 Å². The second kappa shape index (κ2) is 5.07. The summed E-state index contributed by atoms with van der Waals surface area (Å²) in [6, 6.07) is 5.75. The number of hydrogen-bond acceptors (Lipinski definition) is 2. The summed E-state index contributed by atoms with van der Waals surface area (Å²) in [4.78, 5) is 10.3. The summed E-state index contributed by atoms with van der Waals surface area (Å²) in [5, 5.41) is 10.6. The van der Waals surface area contributed by atoms with Crippen LogP contribution in [0.5, 0.6) is 0 Å². The lowest BCUT2D eigenvalue weighted by Crippen LogP contribution is -1.96. The van der Waals surface area contributed by atoms with Crippen LogP contribution in [0.25, 0.3) is 6.08 Å². The normalized spacial score (nSPS) is 11.5. The molecule has 0 fully saturated rings. The van der Waals surface area contributed by atoms with Gasteiger partial charge in [0, 0.05) is 17.0 Å². The predicted molar refractivity (Wildman–Crippen MR) is 64.1 cm³/mol. The van der Waals surface area contributed by atoms with Crippen molar-refractivity contribution in [3.63, 3.8) is 0 Å². The van der Waals surface area contributed by atoms with Gasteiger partial charge in [0.1, 0.15) is 0 Å². The number of aryl methyl sites for hydroxylation is 1. The Kier molecular flexibility index (Phi) is 4.03. The first-order valence-corrected chi connectivity index (χ1v) is 5.45. The number of nitro groups is 1. The molecule has 15 heavy (non-hydrogen) atoms. The lowest BCUT2D eigenvalue weighted by molar-refractivity contribution is -0.425. The van der Waals surface area contributed by atoms with Gasteiger partial charge in [-0.05, 0) is 24.1 Å². The zero-order valence-corrected chi connectivity index (χ0v) is 10.2. The van der Waals surface area contributed by atoms with Crippen LogP contribution in [-0.4, -0.2) is 4.92 Å². The highest BCUT2D eigenvalue weighted by Gasteiger charge is 2.08. The lowest BCUT2D eigenvalue weighted by Gasteiger charge is -2.00. The Hall–Kier alpha value is -1.16. The minimum Gasteiger partial charge on any atom is -0.259 e. The molecule has 0 radical (unpaired) electrons. The van der Waals surface area contributed by atoms with E-state index >= 15 is 0 Å². The Morgan fingerprint density at radius 2 is 2.27 bits per heavy atom. The number of allylic oxidation sites excluding steroid dienone is 1. The van der Waals surface area contributed by atoms with Gasteiger partial charge in [0.2, 0.25) is 5.70 Å². The first-order chi connectivity index (χ1) is 7.04. The Balaban J connectivity index is 3.12. The van der Waals surface area contributed by atoms with E-state index in [4.69, 9.17) is 0 Å². The van der Waals surface area contributed by atoms with Crippen LogP contribution in [0, 0.1) is 17.0 Å². The highest BCUT2D eigenvalue weighted by Crippen LogP contribution is 2.21. The summed E-state index contributed by atoms with van der Waals surface area (Å²) in [5.74, 6) is 0. The molecule has 1 rings (SSSR count). The minimum absolute atomic E-state index is 0.222. The molecule has 0 unspecified atom stereocenters. The van der Waals surface area contributed by atoms with Crippen molar-refractivity contribution >= 4 is 22.0 Å². The maximum absolute atomic E-state index is 10.6. The van der Waals surface area contributed by atoms with E-state index in [0.29, 0.717) is 6.42 Å². The summed E-state index contributed by atoms with van der Waals surface area (Å²) in [7, 11) is 0. The summed E-state index contributed by atoms with van der Waals surface area (Å²) in [6.07, 6.45) is 2.02. The monoisotopic (exact) mass is 269 g/mol. The lowest BCUT2D eigenvalue weighted by atomic mass is 10.1. The molecule has 3 nitrogen and oxygen atoms in total.